The van der Waals surface area contributed by atoms with E-state index < -0.39 is 0 Å². The van der Waals surface area contributed by atoms with Crippen molar-refractivity contribution in [2.24, 2.45) is 0 Å². The van der Waals surface area contributed by atoms with E-state index in [2.05, 4.69) is 27.9 Å². The van der Waals surface area contributed by atoms with Crippen molar-refractivity contribution in [3.8, 4) is 5.75 Å². The highest BCUT2D eigenvalue weighted by molar-refractivity contribution is 14.1. The van der Waals surface area contributed by atoms with Crippen molar-refractivity contribution in [3.05, 3.63) is 51.6 Å². The minimum Gasteiger partial charge on any atom is -0.497 e. The number of halogens is 1. The Morgan fingerprint density at radius 1 is 1.26 bits per heavy atom. The number of hydrogen-bond acceptors (Lipinski definition) is 3. The summed E-state index contributed by atoms with van der Waals surface area (Å²) in [7, 11) is 1.56. The van der Waals surface area contributed by atoms with Crippen LogP contribution in [0, 0.1) is 3.57 Å². The van der Waals surface area contributed by atoms with Gasteiger partial charge in [0.15, 0.2) is 0 Å². The number of ether oxygens (including phenoxy) is 1. The molecule has 2 rings (SSSR count). The van der Waals surface area contributed by atoms with Gasteiger partial charge < -0.3 is 15.8 Å². The van der Waals surface area contributed by atoms with Crippen molar-refractivity contribution >= 4 is 39.9 Å². The number of carbonyl (C=O) groups is 1. The summed E-state index contributed by atoms with van der Waals surface area (Å²) in [5, 5.41) is 2.81. The summed E-state index contributed by atoms with van der Waals surface area (Å²) in [5.74, 6) is 0.394. The van der Waals surface area contributed by atoms with Gasteiger partial charge in [0.25, 0.3) is 5.91 Å². The SMILES string of the molecule is COc1ccc(C(=O)Nc2cccc(I)c2)c(N)c1. The Bertz CT molecular complexity index is 614. The molecule has 0 heterocycles. The van der Waals surface area contributed by atoms with Gasteiger partial charge >= 0.3 is 0 Å². The molecule has 1 amide bonds. The summed E-state index contributed by atoms with van der Waals surface area (Å²) in [6, 6.07) is 12.5. The number of hydrogen-bond donors (Lipinski definition) is 2. The van der Waals surface area contributed by atoms with Crippen LogP contribution in [0.4, 0.5) is 11.4 Å². The second kappa shape index (κ2) is 5.92. The number of carbonyl (C=O) groups excluding carboxylic acids is 1. The molecular weight excluding hydrogens is 355 g/mol. The maximum absolute atomic E-state index is 12.1. The van der Waals surface area contributed by atoms with Crippen molar-refractivity contribution in [1.29, 1.82) is 0 Å². The van der Waals surface area contributed by atoms with Crippen LogP contribution in [-0.4, -0.2) is 13.0 Å². The molecule has 0 aliphatic rings. The van der Waals surface area contributed by atoms with E-state index in [1.54, 1.807) is 25.3 Å². The highest BCUT2D eigenvalue weighted by Crippen LogP contribution is 2.21. The summed E-state index contributed by atoms with van der Waals surface area (Å²) in [4.78, 5) is 12.1. The van der Waals surface area contributed by atoms with Crippen molar-refractivity contribution in [2.75, 3.05) is 18.2 Å². The van der Waals surface area contributed by atoms with Gasteiger partial charge in [-0.2, -0.15) is 0 Å². The minimum atomic E-state index is -0.234. The monoisotopic (exact) mass is 368 g/mol. The van der Waals surface area contributed by atoms with Crippen LogP contribution in [0.1, 0.15) is 10.4 Å². The highest BCUT2D eigenvalue weighted by Gasteiger charge is 2.10. The van der Waals surface area contributed by atoms with Gasteiger partial charge in [0.2, 0.25) is 0 Å². The summed E-state index contributed by atoms with van der Waals surface area (Å²) < 4.78 is 6.10. The lowest BCUT2D eigenvalue weighted by molar-refractivity contribution is 0.102. The van der Waals surface area contributed by atoms with E-state index in [9.17, 15) is 4.79 Å². The van der Waals surface area contributed by atoms with Gasteiger partial charge in [0, 0.05) is 21.0 Å². The molecule has 98 valence electrons. The van der Waals surface area contributed by atoms with Gasteiger partial charge in [0.1, 0.15) is 5.75 Å². The maximum atomic E-state index is 12.1. The molecule has 0 spiro atoms. The minimum absolute atomic E-state index is 0.234. The van der Waals surface area contributed by atoms with Crippen LogP contribution in [0.5, 0.6) is 5.75 Å². The second-order valence-electron chi connectivity index (χ2n) is 3.92. The number of methoxy groups -OCH3 is 1. The topological polar surface area (TPSA) is 64.3 Å². The van der Waals surface area contributed by atoms with Crippen LogP contribution >= 0.6 is 22.6 Å². The Balaban J connectivity index is 2.20. The molecule has 4 nitrogen and oxygen atoms in total. The third-order valence-electron chi connectivity index (χ3n) is 2.59. The lowest BCUT2D eigenvalue weighted by atomic mass is 10.1. The van der Waals surface area contributed by atoms with Crippen molar-refractivity contribution in [1.82, 2.24) is 0 Å². The summed E-state index contributed by atoms with van der Waals surface area (Å²) in [6.45, 7) is 0. The zero-order valence-electron chi connectivity index (χ0n) is 10.3. The quantitative estimate of drug-likeness (QED) is 0.646. The molecule has 5 heteroatoms. The van der Waals surface area contributed by atoms with Gasteiger partial charge in [-0.25, -0.2) is 0 Å². The van der Waals surface area contributed by atoms with Crippen LogP contribution in [0.25, 0.3) is 0 Å². The van der Waals surface area contributed by atoms with Gasteiger partial charge in [-0.15, -0.1) is 0 Å². The molecule has 0 aliphatic heterocycles. The van der Waals surface area contributed by atoms with Crippen LogP contribution in [0.15, 0.2) is 42.5 Å². The molecule has 0 saturated heterocycles. The zero-order chi connectivity index (χ0) is 13.8. The predicted octanol–water partition coefficient (Wildman–Crippen LogP) is 3.13. The van der Waals surface area contributed by atoms with E-state index in [1.165, 1.54) is 0 Å². The fourth-order valence-electron chi connectivity index (χ4n) is 1.64. The van der Waals surface area contributed by atoms with E-state index in [0.717, 1.165) is 9.26 Å². The van der Waals surface area contributed by atoms with Crippen LogP contribution in [0.2, 0.25) is 0 Å². The molecule has 0 bridgehead atoms. The summed E-state index contributed by atoms with van der Waals surface area (Å²) >= 11 is 2.19. The zero-order valence-corrected chi connectivity index (χ0v) is 12.5. The molecule has 0 atom stereocenters. The van der Waals surface area contributed by atoms with Crippen molar-refractivity contribution in [3.63, 3.8) is 0 Å². The molecule has 0 unspecified atom stereocenters. The fourth-order valence-corrected chi connectivity index (χ4v) is 2.18. The highest BCUT2D eigenvalue weighted by atomic mass is 127. The Labute approximate surface area is 125 Å². The number of amides is 1. The van der Waals surface area contributed by atoms with E-state index in [1.807, 2.05) is 24.3 Å². The lowest BCUT2D eigenvalue weighted by Crippen LogP contribution is -2.14. The van der Waals surface area contributed by atoms with Crippen molar-refractivity contribution < 1.29 is 9.53 Å². The fraction of sp³-hybridized carbons (Fsp3) is 0.0714. The largest absolute Gasteiger partial charge is 0.497 e. The third kappa shape index (κ3) is 3.37. The lowest BCUT2D eigenvalue weighted by Gasteiger charge is -2.09. The standard InChI is InChI=1S/C14H13IN2O2/c1-19-11-5-6-12(13(16)8-11)14(18)17-10-4-2-3-9(15)7-10/h2-8H,16H2,1H3,(H,17,18). The number of nitrogens with one attached hydrogen (secondary N) is 1. The Morgan fingerprint density at radius 2 is 2.05 bits per heavy atom. The predicted molar refractivity (Wildman–Crippen MR) is 84.5 cm³/mol. The molecule has 0 radical (unpaired) electrons. The maximum Gasteiger partial charge on any atom is 0.257 e. The third-order valence-corrected chi connectivity index (χ3v) is 3.26. The first kappa shape index (κ1) is 13.7. The molecular formula is C14H13IN2O2. The first-order valence-corrected chi connectivity index (χ1v) is 6.68. The molecule has 19 heavy (non-hydrogen) atoms. The number of anilines is 2. The van der Waals surface area contributed by atoms with Gasteiger partial charge in [-0.05, 0) is 52.9 Å². The molecule has 0 saturated carbocycles. The van der Waals surface area contributed by atoms with Crippen molar-refractivity contribution in [2.45, 2.75) is 0 Å². The molecule has 3 N–H and O–H groups in total. The van der Waals surface area contributed by atoms with Gasteiger partial charge in [0.05, 0.1) is 12.7 Å². The van der Waals surface area contributed by atoms with Crippen LogP contribution in [0.3, 0.4) is 0 Å². The molecule has 2 aromatic carbocycles. The first-order valence-electron chi connectivity index (χ1n) is 5.60. The number of rotatable bonds is 3. The molecule has 2 aromatic rings. The summed E-state index contributed by atoms with van der Waals surface area (Å²) in [5.41, 5.74) is 7.40. The Hall–Kier alpha value is -1.76. The van der Waals surface area contributed by atoms with Gasteiger partial charge in [-0.3, -0.25) is 4.79 Å². The average Bonchev–Trinajstić information content (AvgIpc) is 2.38. The average molecular weight is 368 g/mol. The van der Waals surface area contributed by atoms with E-state index in [-0.39, 0.29) is 5.91 Å². The van der Waals surface area contributed by atoms with E-state index in [0.29, 0.717) is 17.0 Å². The van der Waals surface area contributed by atoms with E-state index >= 15 is 0 Å². The number of nitrogens with two attached hydrogens (primary N) is 1. The smallest absolute Gasteiger partial charge is 0.257 e. The van der Waals surface area contributed by atoms with Crippen LogP contribution in [-0.2, 0) is 0 Å². The number of benzene rings is 2. The number of nitrogen functional groups attached to an aromatic ring is 1. The first-order chi connectivity index (χ1) is 9.10. The Kier molecular flexibility index (Phi) is 4.26. The molecule has 0 fully saturated rings. The van der Waals surface area contributed by atoms with Gasteiger partial charge in [-0.1, -0.05) is 6.07 Å². The molecule has 0 aliphatic carbocycles. The van der Waals surface area contributed by atoms with E-state index in [4.69, 9.17) is 10.5 Å². The normalized spacial score (nSPS) is 10.0. The Morgan fingerprint density at radius 3 is 2.68 bits per heavy atom. The summed E-state index contributed by atoms with van der Waals surface area (Å²) in [6.07, 6.45) is 0. The van der Waals surface area contributed by atoms with Crippen LogP contribution < -0.4 is 15.8 Å². The molecule has 0 aromatic heterocycles. The second-order valence-corrected chi connectivity index (χ2v) is 5.16.